The summed E-state index contributed by atoms with van der Waals surface area (Å²) in [7, 11) is 0. The molecular formula is C14H8FNO3. The fourth-order valence-electron chi connectivity index (χ4n) is 1.48. The average molecular weight is 257 g/mol. The van der Waals surface area contributed by atoms with E-state index in [0.717, 1.165) is 6.07 Å². The van der Waals surface area contributed by atoms with E-state index < -0.39 is 11.8 Å². The van der Waals surface area contributed by atoms with Crippen LogP contribution in [0.1, 0.15) is 15.9 Å². The van der Waals surface area contributed by atoms with E-state index in [0.29, 0.717) is 0 Å². The van der Waals surface area contributed by atoms with Crippen LogP contribution >= 0.6 is 0 Å². The van der Waals surface area contributed by atoms with Crippen molar-refractivity contribution >= 4 is 5.97 Å². The van der Waals surface area contributed by atoms with E-state index in [1.807, 2.05) is 6.07 Å². The highest BCUT2D eigenvalue weighted by atomic mass is 19.1. The summed E-state index contributed by atoms with van der Waals surface area (Å²) in [5.41, 5.74) is 0.0997. The van der Waals surface area contributed by atoms with Crippen molar-refractivity contribution in [2.45, 2.75) is 0 Å². The predicted molar refractivity (Wildman–Crippen MR) is 64.6 cm³/mol. The lowest BCUT2D eigenvalue weighted by Gasteiger charge is -2.08. The molecule has 0 saturated heterocycles. The number of rotatable bonds is 3. The molecule has 0 aliphatic carbocycles. The molecule has 2 aromatic rings. The van der Waals surface area contributed by atoms with Crippen LogP contribution in [0.3, 0.4) is 0 Å². The molecule has 2 rings (SSSR count). The van der Waals surface area contributed by atoms with Crippen LogP contribution in [0.15, 0.2) is 42.5 Å². The number of benzene rings is 2. The van der Waals surface area contributed by atoms with E-state index >= 15 is 0 Å². The SMILES string of the molecule is N#Cc1ccccc1Oc1ccc(C(=O)O)cc1F. The monoisotopic (exact) mass is 257 g/mol. The summed E-state index contributed by atoms with van der Waals surface area (Å²) in [5, 5.41) is 17.6. The number of carbonyl (C=O) groups is 1. The Morgan fingerprint density at radius 3 is 2.58 bits per heavy atom. The molecule has 19 heavy (non-hydrogen) atoms. The van der Waals surface area contributed by atoms with Gasteiger partial charge in [-0.3, -0.25) is 0 Å². The summed E-state index contributed by atoms with van der Waals surface area (Å²) in [4.78, 5) is 10.7. The lowest BCUT2D eigenvalue weighted by molar-refractivity contribution is 0.0696. The maximum Gasteiger partial charge on any atom is 0.335 e. The molecule has 0 aliphatic rings. The van der Waals surface area contributed by atoms with Crippen molar-refractivity contribution in [1.82, 2.24) is 0 Å². The summed E-state index contributed by atoms with van der Waals surface area (Å²) in [6.07, 6.45) is 0. The minimum atomic E-state index is -1.22. The van der Waals surface area contributed by atoms with E-state index in [4.69, 9.17) is 15.1 Å². The van der Waals surface area contributed by atoms with Gasteiger partial charge in [-0.15, -0.1) is 0 Å². The van der Waals surface area contributed by atoms with Crippen LogP contribution in [-0.4, -0.2) is 11.1 Å². The zero-order valence-corrected chi connectivity index (χ0v) is 9.63. The Balaban J connectivity index is 2.34. The van der Waals surface area contributed by atoms with Crippen LogP contribution in [0.2, 0.25) is 0 Å². The third kappa shape index (κ3) is 2.69. The fraction of sp³-hybridized carbons (Fsp3) is 0. The van der Waals surface area contributed by atoms with Crippen molar-refractivity contribution in [2.24, 2.45) is 0 Å². The summed E-state index contributed by atoms with van der Waals surface area (Å²) < 4.78 is 18.9. The van der Waals surface area contributed by atoms with Crippen LogP contribution < -0.4 is 4.74 Å². The van der Waals surface area contributed by atoms with Gasteiger partial charge in [0.25, 0.3) is 0 Å². The minimum absolute atomic E-state index is 0.132. The first-order valence-electron chi connectivity index (χ1n) is 5.31. The molecule has 2 aromatic carbocycles. The molecule has 0 radical (unpaired) electrons. The van der Waals surface area contributed by atoms with Gasteiger partial charge >= 0.3 is 5.97 Å². The van der Waals surface area contributed by atoms with E-state index in [9.17, 15) is 9.18 Å². The molecule has 94 valence electrons. The normalized spacial score (nSPS) is 9.68. The highest BCUT2D eigenvalue weighted by Crippen LogP contribution is 2.27. The van der Waals surface area contributed by atoms with Crippen molar-refractivity contribution in [3.05, 3.63) is 59.4 Å². The Kier molecular flexibility index (Phi) is 3.44. The number of hydrogen-bond donors (Lipinski definition) is 1. The Bertz CT molecular complexity index is 677. The molecule has 0 aliphatic heterocycles. The predicted octanol–water partition coefficient (Wildman–Crippen LogP) is 3.19. The maximum atomic E-state index is 13.7. The first-order valence-corrected chi connectivity index (χ1v) is 5.31. The van der Waals surface area contributed by atoms with Gasteiger partial charge in [-0.1, -0.05) is 12.1 Å². The molecule has 5 heteroatoms. The first-order chi connectivity index (χ1) is 9.11. The number of carboxylic acids is 1. The lowest BCUT2D eigenvalue weighted by atomic mass is 10.2. The van der Waals surface area contributed by atoms with Gasteiger partial charge in [-0.2, -0.15) is 5.26 Å². The minimum Gasteiger partial charge on any atom is -0.478 e. The molecule has 0 bridgehead atoms. The van der Waals surface area contributed by atoms with Crippen molar-refractivity contribution < 1.29 is 19.0 Å². The number of nitriles is 1. The molecule has 0 aromatic heterocycles. The molecule has 0 saturated carbocycles. The molecule has 0 heterocycles. The third-order valence-electron chi connectivity index (χ3n) is 2.41. The molecular weight excluding hydrogens is 249 g/mol. The molecule has 0 atom stereocenters. The largest absolute Gasteiger partial charge is 0.478 e. The number of nitrogens with zero attached hydrogens (tertiary/aromatic N) is 1. The second-order valence-corrected chi connectivity index (χ2v) is 3.66. The fourth-order valence-corrected chi connectivity index (χ4v) is 1.48. The average Bonchev–Trinajstić information content (AvgIpc) is 2.41. The molecule has 0 amide bonds. The van der Waals surface area contributed by atoms with Gasteiger partial charge in [0.2, 0.25) is 0 Å². The molecule has 0 spiro atoms. The second kappa shape index (κ2) is 5.19. The number of para-hydroxylation sites is 1. The molecule has 4 nitrogen and oxygen atoms in total. The van der Waals surface area contributed by atoms with Crippen molar-refractivity contribution in [3.63, 3.8) is 0 Å². The number of hydrogen-bond acceptors (Lipinski definition) is 3. The Morgan fingerprint density at radius 2 is 1.95 bits per heavy atom. The second-order valence-electron chi connectivity index (χ2n) is 3.66. The van der Waals surface area contributed by atoms with Gasteiger partial charge in [0.1, 0.15) is 11.8 Å². The van der Waals surface area contributed by atoms with E-state index in [2.05, 4.69) is 0 Å². The topological polar surface area (TPSA) is 70.3 Å². The maximum absolute atomic E-state index is 13.7. The number of carboxylic acid groups (broad SMARTS) is 1. The quantitative estimate of drug-likeness (QED) is 0.916. The van der Waals surface area contributed by atoms with Gasteiger partial charge in [0.05, 0.1) is 11.1 Å². The van der Waals surface area contributed by atoms with E-state index in [1.54, 1.807) is 18.2 Å². The molecule has 0 fully saturated rings. The molecule has 0 unspecified atom stereocenters. The van der Waals surface area contributed by atoms with Crippen molar-refractivity contribution in [3.8, 4) is 17.6 Å². The van der Waals surface area contributed by atoms with E-state index in [1.165, 1.54) is 18.2 Å². The van der Waals surface area contributed by atoms with Crippen molar-refractivity contribution in [1.29, 1.82) is 5.26 Å². The Hall–Kier alpha value is -2.87. The molecule has 1 N–H and O–H groups in total. The number of aromatic carboxylic acids is 1. The van der Waals surface area contributed by atoms with Gasteiger partial charge in [0.15, 0.2) is 11.6 Å². The van der Waals surface area contributed by atoms with Crippen LogP contribution in [-0.2, 0) is 0 Å². The summed E-state index contributed by atoms with van der Waals surface area (Å²) in [6, 6.07) is 11.6. The van der Waals surface area contributed by atoms with Crippen LogP contribution in [0.4, 0.5) is 4.39 Å². The number of halogens is 1. The third-order valence-corrected chi connectivity index (χ3v) is 2.41. The summed E-state index contributed by atoms with van der Waals surface area (Å²) in [5.74, 6) is -1.94. The van der Waals surface area contributed by atoms with Gasteiger partial charge < -0.3 is 9.84 Å². The van der Waals surface area contributed by atoms with Crippen LogP contribution in [0.25, 0.3) is 0 Å². The summed E-state index contributed by atoms with van der Waals surface area (Å²) in [6.45, 7) is 0. The first kappa shape index (κ1) is 12.6. The zero-order chi connectivity index (χ0) is 13.8. The zero-order valence-electron chi connectivity index (χ0n) is 9.63. The van der Waals surface area contributed by atoms with Gasteiger partial charge in [0, 0.05) is 0 Å². The Labute approximate surface area is 108 Å². The number of ether oxygens (including phenoxy) is 1. The highest BCUT2D eigenvalue weighted by Gasteiger charge is 2.11. The smallest absolute Gasteiger partial charge is 0.335 e. The van der Waals surface area contributed by atoms with Crippen molar-refractivity contribution in [2.75, 3.05) is 0 Å². The standard InChI is InChI=1S/C14H8FNO3/c15-11-7-9(14(17)18)5-6-13(11)19-12-4-2-1-3-10(12)8-16/h1-7H,(H,17,18). The van der Waals surface area contributed by atoms with E-state index in [-0.39, 0.29) is 22.6 Å². The summed E-state index contributed by atoms with van der Waals surface area (Å²) >= 11 is 0. The van der Waals surface area contributed by atoms with Crippen LogP contribution in [0, 0.1) is 17.1 Å². The lowest BCUT2D eigenvalue weighted by Crippen LogP contribution is -1.98. The Morgan fingerprint density at radius 1 is 1.21 bits per heavy atom. The van der Waals surface area contributed by atoms with Crippen LogP contribution in [0.5, 0.6) is 11.5 Å². The van der Waals surface area contributed by atoms with Gasteiger partial charge in [-0.05, 0) is 30.3 Å². The highest BCUT2D eigenvalue weighted by molar-refractivity contribution is 5.87. The van der Waals surface area contributed by atoms with Gasteiger partial charge in [-0.25, -0.2) is 9.18 Å².